The van der Waals surface area contributed by atoms with Crippen molar-refractivity contribution in [3.63, 3.8) is 0 Å². The molecule has 0 aliphatic carbocycles. The van der Waals surface area contributed by atoms with Gasteiger partial charge in [-0.15, -0.1) is 0 Å². The summed E-state index contributed by atoms with van der Waals surface area (Å²) in [6.45, 7) is 7.27. The average molecular weight is 246 g/mol. The quantitative estimate of drug-likeness (QED) is 0.872. The van der Waals surface area contributed by atoms with E-state index in [1.54, 1.807) is 26.8 Å². The number of hydrogen-bond donors (Lipinski definition) is 1. The van der Waals surface area contributed by atoms with E-state index in [0.29, 0.717) is 0 Å². The largest absolute Gasteiger partial charge is 0.444 e. The van der Waals surface area contributed by atoms with Crippen LogP contribution >= 0.6 is 0 Å². The normalized spacial score (nSPS) is 12.4. The molecule has 1 rings (SSSR count). The zero-order chi connectivity index (χ0) is 13.8. The summed E-state index contributed by atoms with van der Waals surface area (Å²) in [6, 6.07) is 8.81. The summed E-state index contributed by atoms with van der Waals surface area (Å²) in [4.78, 5) is 11.6. The van der Waals surface area contributed by atoms with E-state index in [1.165, 1.54) is 0 Å². The number of carbonyl (C=O) groups is 1. The van der Waals surface area contributed by atoms with Crippen LogP contribution in [0.3, 0.4) is 0 Å². The van der Waals surface area contributed by atoms with Gasteiger partial charge in [0.15, 0.2) is 0 Å². The molecule has 0 bridgehead atoms. The third-order valence-electron chi connectivity index (χ3n) is 2.17. The molecule has 0 aliphatic rings. The van der Waals surface area contributed by atoms with Gasteiger partial charge < -0.3 is 10.1 Å². The Balaban J connectivity index is 2.75. The van der Waals surface area contributed by atoms with Crippen molar-refractivity contribution in [1.82, 2.24) is 5.32 Å². The predicted octanol–water partition coefficient (Wildman–Crippen LogP) is 3.08. The minimum atomic E-state index is -0.695. The number of alkyl carbamates (subject to hydrolysis) is 1. The highest BCUT2D eigenvalue weighted by Gasteiger charge is 2.20. The number of ether oxygens (including phenoxy) is 1. The van der Waals surface area contributed by atoms with Gasteiger partial charge in [-0.2, -0.15) is 5.26 Å². The van der Waals surface area contributed by atoms with Crippen LogP contribution in [0.1, 0.15) is 37.9 Å². The third kappa shape index (κ3) is 4.46. The minimum absolute atomic E-state index is 0.573. The van der Waals surface area contributed by atoms with Crippen molar-refractivity contribution in [1.29, 1.82) is 5.26 Å². The molecule has 1 aromatic carbocycles. The molecule has 0 spiro atoms. The van der Waals surface area contributed by atoms with Crippen molar-refractivity contribution in [2.24, 2.45) is 0 Å². The number of hydrogen-bond acceptors (Lipinski definition) is 3. The van der Waals surface area contributed by atoms with Crippen LogP contribution in [0.5, 0.6) is 0 Å². The van der Waals surface area contributed by atoms with Gasteiger partial charge in [0.2, 0.25) is 0 Å². The summed E-state index contributed by atoms with van der Waals surface area (Å²) in [5.74, 6) is 0. The summed E-state index contributed by atoms with van der Waals surface area (Å²) in [5.41, 5.74) is 1.22. The molecule has 0 aliphatic heterocycles. The van der Waals surface area contributed by atoms with Gasteiger partial charge in [0.25, 0.3) is 0 Å². The van der Waals surface area contributed by atoms with Crippen molar-refractivity contribution in [2.45, 2.75) is 39.3 Å². The number of carbonyl (C=O) groups excluding carboxylic acids is 1. The molecule has 96 valence electrons. The lowest BCUT2D eigenvalue weighted by atomic mass is 10.1. The van der Waals surface area contributed by atoms with Crippen LogP contribution in [0.4, 0.5) is 4.79 Å². The van der Waals surface area contributed by atoms with Crippen molar-refractivity contribution < 1.29 is 9.53 Å². The molecule has 1 N–H and O–H groups in total. The lowest BCUT2D eigenvalue weighted by Crippen LogP contribution is -2.34. The number of nitrogens with one attached hydrogen (secondary N) is 1. The van der Waals surface area contributed by atoms with Crippen LogP contribution in [0.25, 0.3) is 0 Å². The Kier molecular flexibility index (Phi) is 4.33. The Morgan fingerprint density at radius 3 is 2.61 bits per heavy atom. The standard InChI is InChI=1S/C14H18N2O2/c1-10-6-5-7-11(8-10)12(9-15)16-13(17)18-14(2,3)4/h5-8,12H,1-4H3,(H,16,17)/t12-/m1/s1. The zero-order valence-corrected chi connectivity index (χ0v) is 11.2. The molecule has 4 nitrogen and oxygen atoms in total. The van der Waals surface area contributed by atoms with Gasteiger partial charge in [0.1, 0.15) is 11.6 Å². The van der Waals surface area contributed by atoms with E-state index < -0.39 is 17.7 Å². The summed E-state index contributed by atoms with van der Waals surface area (Å²) in [5, 5.41) is 11.6. The van der Waals surface area contributed by atoms with Crippen LogP contribution in [-0.4, -0.2) is 11.7 Å². The fraction of sp³-hybridized carbons (Fsp3) is 0.429. The predicted molar refractivity (Wildman–Crippen MR) is 68.9 cm³/mol. The van der Waals surface area contributed by atoms with Crippen LogP contribution < -0.4 is 5.32 Å². The minimum Gasteiger partial charge on any atom is -0.444 e. The topological polar surface area (TPSA) is 62.1 Å². The van der Waals surface area contributed by atoms with Crippen LogP contribution in [0, 0.1) is 18.3 Å². The number of aryl methyl sites for hydroxylation is 1. The van der Waals surface area contributed by atoms with Crippen molar-refractivity contribution in [2.75, 3.05) is 0 Å². The number of nitrogens with zero attached hydrogens (tertiary/aromatic N) is 1. The van der Waals surface area contributed by atoms with Crippen molar-refractivity contribution >= 4 is 6.09 Å². The van der Waals surface area contributed by atoms with Gasteiger partial charge >= 0.3 is 6.09 Å². The van der Waals surface area contributed by atoms with Crippen LogP contribution in [-0.2, 0) is 4.74 Å². The highest BCUT2D eigenvalue weighted by atomic mass is 16.6. The maximum absolute atomic E-state index is 11.6. The molecule has 0 heterocycles. The number of benzene rings is 1. The molecule has 4 heteroatoms. The Hall–Kier alpha value is -2.02. The number of amides is 1. The maximum Gasteiger partial charge on any atom is 0.408 e. The summed E-state index contributed by atoms with van der Waals surface area (Å²) in [7, 11) is 0. The summed E-state index contributed by atoms with van der Waals surface area (Å²) in [6.07, 6.45) is -0.587. The van der Waals surface area contributed by atoms with Gasteiger partial charge in [0, 0.05) is 0 Å². The first-order valence-corrected chi connectivity index (χ1v) is 5.77. The Bertz CT molecular complexity index is 469. The van der Waals surface area contributed by atoms with E-state index in [2.05, 4.69) is 11.4 Å². The molecule has 1 amide bonds. The van der Waals surface area contributed by atoms with Gasteiger partial charge in [-0.3, -0.25) is 0 Å². The Morgan fingerprint density at radius 1 is 1.44 bits per heavy atom. The molecule has 0 saturated heterocycles. The second-order valence-electron chi connectivity index (χ2n) is 5.12. The molecular weight excluding hydrogens is 228 g/mol. The smallest absolute Gasteiger partial charge is 0.408 e. The van der Waals surface area contributed by atoms with E-state index in [4.69, 9.17) is 10.00 Å². The van der Waals surface area contributed by atoms with Gasteiger partial charge in [-0.25, -0.2) is 4.79 Å². The van der Waals surface area contributed by atoms with Crippen molar-refractivity contribution in [3.05, 3.63) is 35.4 Å². The van der Waals surface area contributed by atoms with Gasteiger partial charge in [-0.1, -0.05) is 29.8 Å². The SMILES string of the molecule is Cc1cccc([C@@H](C#N)NC(=O)OC(C)(C)C)c1. The summed E-state index contributed by atoms with van der Waals surface area (Å²) < 4.78 is 5.12. The lowest BCUT2D eigenvalue weighted by Gasteiger charge is -2.21. The molecule has 18 heavy (non-hydrogen) atoms. The van der Waals surface area contributed by atoms with Crippen molar-refractivity contribution in [3.8, 4) is 6.07 Å². The van der Waals surface area contributed by atoms with Crippen LogP contribution in [0.15, 0.2) is 24.3 Å². The zero-order valence-electron chi connectivity index (χ0n) is 11.2. The highest BCUT2D eigenvalue weighted by molar-refractivity contribution is 5.69. The third-order valence-corrected chi connectivity index (χ3v) is 2.17. The number of nitriles is 1. The fourth-order valence-electron chi connectivity index (χ4n) is 1.47. The van der Waals surface area contributed by atoms with E-state index in [-0.39, 0.29) is 0 Å². The maximum atomic E-state index is 11.6. The second kappa shape index (κ2) is 5.54. The highest BCUT2D eigenvalue weighted by Crippen LogP contribution is 2.15. The molecular formula is C14H18N2O2. The van der Waals surface area contributed by atoms with Crippen LogP contribution in [0.2, 0.25) is 0 Å². The Morgan fingerprint density at radius 2 is 2.11 bits per heavy atom. The molecule has 0 saturated carbocycles. The lowest BCUT2D eigenvalue weighted by molar-refractivity contribution is 0.0515. The fourth-order valence-corrected chi connectivity index (χ4v) is 1.47. The van der Waals surface area contributed by atoms with E-state index >= 15 is 0 Å². The first-order chi connectivity index (χ1) is 8.31. The van der Waals surface area contributed by atoms with E-state index in [0.717, 1.165) is 11.1 Å². The second-order valence-corrected chi connectivity index (χ2v) is 5.12. The monoisotopic (exact) mass is 246 g/mol. The number of rotatable bonds is 2. The molecule has 0 aromatic heterocycles. The van der Waals surface area contributed by atoms with E-state index in [1.807, 2.05) is 25.1 Å². The molecule has 0 radical (unpaired) electrons. The first kappa shape index (κ1) is 14.0. The van der Waals surface area contributed by atoms with E-state index in [9.17, 15) is 4.79 Å². The van der Waals surface area contributed by atoms with Gasteiger partial charge in [0.05, 0.1) is 6.07 Å². The Labute approximate surface area is 108 Å². The molecule has 1 aromatic rings. The molecule has 1 atom stereocenters. The summed E-state index contributed by atoms with van der Waals surface area (Å²) >= 11 is 0. The first-order valence-electron chi connectivity index (χ1n) is 5.77. The molecule has 0 unspecified atom stereocenters. The average Bonchev–Trinajstić information content (AvgIpc) is 2.23. The molecule has 0 fully saturated rings. The van der Waals surface area contributed by atoms with Gasteiger partial charge in [-0.05, 0) is 33.3 Å².